The molecule has 0 unspecified atom stereocenters. The van der Waals surface area contributed by atoms with Crippen molar-refractivity contribution < 1.29 is 9.47 Å². The molecule has 1 saturated heterocycles. The van der Waals surface area contributed by atoms with Crippen LogP contribution in [-0.2, 0) is 4.74 Å². The van der Waals surface area contributed by atoms with Gasteiger partial charge in [-0.1, -0.05) is 6.07 Å². The molecule has 0 bridgehead atoms. The van der Waals surface area contributed by atoms with Crippen molar-refractivity contribution in [2.75, 3.05) is 39.1 Å². The second kappa shape index (κ2) is 7.36. The summed E-state index contributed by atoms with van der Waals surface area (Å²) in [7, 11) is 1.81. The lowest BCUT2D eigenvalue weighted by Gasteiger charge is -2.31. The van der Waals surface area contributed by atoms with Crippen LogP contribution in [0.15, 0.2) is 24.3 Å². The minimum absolute atomic E-state index is 0.458. The van der Waals surface area contributed by atoms with Crippen molar-refractivity contribution in [1.82, 2.24) is 4.90 Å². The van der Waals surface area contributed by atoms with Crippen molar-refractivity contribution in [3.8, 4) is 5.75 Å². The standard InChI is InChI=1S/C15H24N2O2/c1-18-14-6-9-17(10-7-14)8-3-11-19-15-5-2-4-13(16)12-15/h2,4-5,12,14H,3,6-11,16H2,1H3. The van der Waals surface area contributed by atoms with E-state index < -0.39 is 0 Å². The van der Waals surface area contributed by atoms with E-state index in [0.29, 0.717) is 6.10 Å². The molecule has 0 saturated carbocycles. The van der Waals surface area contributed by atoms with Gasteiger partial charge in [0.2, 0.25) is 0 Å². The first-order chi connectivity index (χ1) is 9.28. The van der Waals surface area contributed by atoms with Crippen molar-refractivity contribution in [2.45, 2.75) is 25.4 Å². The molecule has 1 heterocycles. The number of methoxy groups -OCH3 is 1. The van der Waals surface area contributed by atoms with Crippen LogP contribution < -0.4 is 10.5 Å². The Morgan fingerprint density at radius 3 is 2.79 bits per heavy atom. The maximum Gasteiger partial charge on any atom is 0.121 e. The van der Waals surface area contributed by atoms with Gasteiger partial charge in [0.1, 0.15) is 5.75 Å². The minimum atomic E-state index is 0.458. The lowest BCUT2D eigenvalue weighted by Crippen LogP contribution is -2.37. The number of nitrogens with zero attached hydrogens (tertiary/aromatic N) is 1. The largest absolute Gasteiger partial charge is 0.493 e. The Kier molecular flexibility index (Phi) is 5.48. The van der Waals surface area contributed by atoms with Gasteiger partial charge in [-0.15, -0.1) is 0 Å². The first kappa shape index (κ1) is 14.2. The van der Waals surface area contributed by atoms with Crippen LogP contribution in [0, 0.1) is 0 Å². The van der Waals surface area contributed by atoms with Crippen LogP contribution in [0.1, 0.15) is 19.3 Å². The normalized spacial score (nSPS) is 17.5. The summed E-state index contributed by atoms with van der Waals surface area (Å²) < 4.78 is 11.1. The number of ether oxygens (including phenoxy) is 2. The van der Waals surface area contributed by atoms with Crippen molar-refractivity contribution >= 4 is 5.69 Å². The van der Waals surface area contributed by atoms with Crippen LogP contribution in [0.5, 0.6) is 5.75 Å². The number of benzene rings is 1. The van der Waals surface area contributed by atoms with Gasteiger partial charge in [-0.3, -0.25) is 0 Å². The molecular formula is C15H24N2O2. The quantitative estimate of drug-likeness (QED) is 0.632. The Labute approximate surface area is 115 Å². The molecule has 0 aliphatic carbocycles. The predicted octanol–water partition coefficient (Wildman–Crippen LogP) is 2.15. The summed E-state index contributed by atoms with van der Waals surface area (Å²) >= 11 is 0. The molecule has 19 heavy (non-hydrogen) atoms. The molecule has 0 radical (unpaired) electrons. The molecule has 2 rings (SSSR count). The average Bonchev–Trinajstić information content (AvgIpc) is 2.44. The molecule has 1 fully saturated rings. The fraction of sp³-hybridized carbons (Fsp3) is 0.600. The number of piperidine rings is 1. The zero-order valence-electron chi connectivity index (χ0n) is 11.7. The molecule has 2 N–H and O–H groups in total. The van der Waals surface area contributed by atoms with Crippen molar-refractivity contribution in [2.24, 2.45) is 0 Å². The van der Waals surface area contributed by atoms with Crippen LogP contribution >= 0.6 is 0 Å². The second-order valence-electron chi connectivity index (χ2n) is 5.05. The predicted molar refractivity (Wildman–Crippen MR) is 77.4 cm³/mol. The average molecular weight is 264 g/mol. The molecule has 0 spiro atoms. The summed E-state index contributed by atoms with van der Waals surface area (Å²) in [5.74, 6) is 0.859. The smallest absolute Gasteiger partial charge is 0.121 e. The maximum atomic E-state index is 5.71. The Balaban J connectivity index is 1.60. The Bertz CT molecular complexity index is 376. The number of hydrogen-bond acceptors (Lipinski definition) is 4. The van der Waals surface area contributed by atoms with Gasteiger partial charge >= 0.3 is 0 Å². The van der Waals surface area contributed by atoms with E-state index in [-0.39, 0.29) is 0 Å². The van der Waals surface area contributed by atoms with Crippen LogP contribution in [0.3, 0.4) is 0 Å². The topological polar surface area (TPSA) is 47.7 Å². The zero-order chi connectivity index (χ0) is 13.5. The number of hydrogen-bond donors (Lipinski definition) is 1. The Morgan fingerprint density at radius 2 is 2.11 bits per heavy atom. The van der Waals surface area contributed by atoms with E-state index in [4.69, 9.17) is 15.2 Å². The van der Waals surface area contributed by atoms with Gasteiger partial charge in [0, 0.05) is 38.5 Å². The number of likely N-dealkylation sites (tertiary alicyclic amines) is 1. The number of nitrogens with two attached hydrogens (primary N) is 1. The summed E-state index contributed by atoms with van der Waals surface area (Å²) in [6.45, 7) is 4.11. The zero-order valence-corrected chi connectivity index (χ0v) is 11.7. The Hall–Kier alpha value is -1.26. The van der Waals surface area contributed by atoms with Crippen LogP contribution in [0.25, 0.3) is 0 Å². The third kappa shape index (κ3) is 4.73. The summed E-state index contributed by atoms with van der Waals surface area (Å²) in [6.07, 6.45) is 3.80. The van der Waals surface area contributed by atoms with Gasteiger partial charge < -0.3 is 20.1 Å². The van der Waals surface area contributed by atoms with Gasteiger partial charge in [-0.25, -0.2) is 0 Å². The number of anilines is 1. The minimum Gasteiger partial charge on any atom is -0.493 e. The van der Waals surface area contributed by atoms with E-state index in [2.05, 4.69) is 4.90 Å². The molecule has 1 aromatic carbocycles. The highest BCUT2D eigenvalue weighted by Crippen LogP contribution is 2.15. The van der Waals surface area contributed by atoms with E-state index >= 15 is 0 Å². The number of rotatable bonds is 6. The van der Waals surface area contributed by atoms with Gasteiger partial charge in [0.05, 0.1) is 12.7 Å². The van der Waals surface area contributed by atoms with E-state index in [9.17, 15) is 0 Å². The molecule has 1 aliphatic rings. The summed E-state index contributed by atoms with van der Waals surface area (Å²) in [5, 5.41) is 0. The van der Waals surface area contributed by atoms with Crippen molar-refractivity contribution in [3.05, 3.63) is 24.3 Å². The van der Waals surface area contributed by atoms with Gasteiger partial charge in [0.25, 0.3) is 0 Å². The molecule has 1 aromatic rings. The Morgan fingerprint density at radius 1 is 1.32 bits per heavy atom. The first-order valence-electron chi connectivity index (χ1n) is 7.01. The second-order valence-corrected chi connectivity index (χ2v) is 5.05. The van der Waals surface area contributed by atoms with E-state index in [1.54, 1.807) is 7.11 Å². The van der Waals surface area contributed by atoms with Gasteiger partial charge in [-0.05, 0) is 31.4 Å². The lowest BCUT2D eigenvalue weighted by atomic mass is 10.1. The van der Waals surface area contributed by atoms with Crippen molar-refractivity contribution in [3.63, 3.8) is 0 Å². The fourth-order valence-electron chi connectivity index (χ4n) is 2.45. The molecular weight excluding hydrogens is 240 g/mol. The molecule has 4 nitrogen and oxygen atoms in total. The van der Waals surface area contributed by atoms with Crippen LogP contribution in [0.2, 0.25) is 0 Å². The molecule has 0 atom stereocenters. The molecule has 4 heteroatoms. The fourth-order valence-corrected chi connectivity index (χ4v) is 2.45. The van der Waals surface area contributed by atoms with Crippen LogP contribution in [-0.4, -0.2) is 44.4 Å². The summed E-state index contributed by atoms with van der Waals surface area (Å²) in [6, 6.07) is 7.59. The van der Waals surface area contributed by atoms with Gasteiger partial charge in [0.15, 0.2) is 0 Å². The maximum absolute atomic E-state index is 5.71. The SMILES string of the molecule is COC1CCN(CCCOc2cccc(N)c2)CC1. The van der Waals surface area contributed by atoms with Crippen molar-refractivity contribution in [1.29, 1.82) is 0 Å². The van der Waals surface area contributed by atoms with Gasteiger partial charge in [-0.2, -0.15) is 0 Å². The summed E-state index contributed by atoms with van der Waals surface area (Å²) in [4.78, 5) is 2.48. The highest BCUT2D eigenvalue weighted by molar-refractivity contribution is 5.43. The highest BCUT2D eigenvalue weighted by atomic mass is 16.5. The van der Waals surface area contributed by atoms with E-state index in [1.807, 2.05) is 24.3 Å². The molecule has 106 valence electrons. The van der Waals surface area contributed by atoms with E-state index in [0.717, 1.165) is 56.9 Å². The third-order valence-electron chi connectivity index (χ3n) is 3.61. The summed E-state index contributed by atoms with van der Waals surface area (Å²) in [5.41, 5.74) is 6.46. The van der Waals surface area contributed by atoms with Crippen LogP contribution in [0.4, 0.5) is 5.69 Å². The van der Waals surface area contributed by atoms with E-state index in [1.165, 1.54) is 0 Å². The third-order valence-corrected chi connectivity index (χ3v) is 3.61. The monoisotopic (exact) mass is 264 g/mol. The molecule has 0 aromatic heterocycles. The molecule has 1 aliphatic heterocycles. The highest BCUT2D eigenvalue weighted by Gasteiger charge is 2.17. The molecule has 0 amide bonds. The lowest BCUT2D eigenvalue weighted by molar-refractivity contribution is 0.0398. The first-order valence-corrected chi connectivity index (χ1v) is 7.01. The number of nitrogen functional groups attached to an aromatic ring is 1.